The van der Waals surface area contributed by atoms with Crippen molar-refractivity contribution < 1.29 is 4.42 Å². The molecule has 3 N–H and O–H groups in total. The number of furan rings is 1. The summed E-state index contributed by atoms with van der Waals surface area (Å²) in [6.45, 7) is 5.12. The quantitative estimate of drug-likeness (QED) is 0.643. The maximum atomic E-state index is 5.46. The third-order valence-corrected chi connectivity index (χ3v) is 2.52. The summed E-state index contributed by atoms with van der Waals surface area (Å²) in [5.74, 6) is 1.77. The van der Waals surface area contributed by atoms with Crippen molar-refractivity contribution in [1.29, 1.82) is 0 Å². The minimum absolute atomic E-state index is 0.713. The van der Waals surface area contributed by atoms with Crippen LogP contribution in [0.2, 0.25) is 0 Å². The number of hydrogen-bond acceptors (Lipinski definition) is 3. The zero-order valence-electron chi connectivity index (χ0n) is 9.54. The Kier molecular flexibility index (Phi) is 6.12. The van der Waals surface area contributed by atoms with E-state index >= 15 is 0 Å². The van der Waals surface area contributed by atoms with Gasteiger partial charge in [0.1, 0.15) is 5.76 Å². The van der Waals surface area contributed by atoms with Crippen molar-refractivity contribution in [2.24, 2.45) is 11.7 Å². The Labute approximate surface area is 92.0 Å². The van der Waals surface area contributed by atoms with E-state index < -0.39 is 0 Å². The van der Waals surface area contributed by atoms with Crippen molar-refractivity contribution in [2.75, 3.05) is 19.6 Å². The molecule has 0 aliphatic heterocycles. The number of nitrogens with two attached hydrogens (primary N) is 1. The van der Waals surface area contributed by atoms with E-state index in [4.69, 9.17) is 10.2 Å². The van der Waals surface area contributed by atoms with Crippen molar-refractivity contribution >= 4 is 0 Å². The molecule has 0 radical (unpaired) electrons. The van der Waals surface area contributed by atoms with Crippen molar-refractivity contribution in [1.82, 2.24) is 5.32 Å². The molecule has 1 unspecified atom stereocenters. The zero-order chi connectivity index (χ0) is 10.9. The van der Waals surface area contributed by atoms with Crippen molar-refractivity contribution in [2.45, 2.75) is 26.2 Å². The number of nitrogens with one attached hydrogen (secondary N) is 1. The highest BCUT2D eigenvalue weighted by Crippen LogP contribution is 2.03. The van der Waals surface area contributed by atoms with Crippen LogP contribution in [0.5, 0.6) is 0 Å². The van der Waals surface area contributed by atoms with Gasteiger partial charge < -0.3 is 15.5 Å². The summed E-state index contributed by atoms with van der Waals surface area (Å²) in [5, 5.41) is 3.43. The van der Waals surface area contributed by atoms with E-state index in [1.54, 1.807) is 6.26 Å². The smallest absolute Gasteiger partial charge is 0.105 e. The predicted molar refractivity (Wildman–Crippen MR) is 62.7 cm³/mol. The van der Waals surface area contributed by atoms with Gasteiger partial charge in [0.15, 0.2) is 0 Å². The van der Waals surface area contributed by atoms with Gasteiger partial charge in [-0.25, -0.2) is 0 Å². The fraction of sp³-hybridized carbons (Fsp3) is 0.667. The second-order valence-corrected chi connectivity index (χ2v) is 4.07. The van der Waals surface area contributed by atoms with Crippen LogP contribution in [-0.4, -0.2) is 19.6 Å². The summed E-state index contributed by atoms with van der Waals surface area (Å²) >= 11 is 0. The van der Waals surface area contributed by atoms with Gasteiger partial charge in [-0.15, -0.1) is 0 Å². The molecule has 0 saturated heterocycles. The molecule has 1 atom stereocenters. The average Bonchev–Trinajstić information content (AvgIpc) is 2.74. The van der Waals surface area contributed by atoms with E-state index in [9.17, 15) is 0 Å². The van der Waals surface area contributed by atoms with Gasteiger partial charge in [-0.05, 0) is 44.0 Å². The molecule has 0 aromatic carbocycles. The minimum atomic E-state index is 0.713. The van der Waals surface area contributed by atoms with Crippen molar-refractivity contribution in [3.63, 3.8) is 0 Å². The molecule has 1 heterocycles. The first-order chi connectivity index (χ1) is 7.33. The maximum absolute atomic E-state index is 5.46. The predicted octanol–water partition coefficient (Wildman–Crippen LogP) is 1.79. The first kappa shape index (κ1) is 12.3. The van der Waals surface area contributed by atoms with Gasteiger partial charge in [-0.2, -0.15) is 0 Å². The summed E-state index contributed by atoms with van der Waals surface area (Å²) in [7, 11) is 0. The van der Waals surface area contributed by atoms with Crippen LogP contribution in [0, 0.1) is 5.92 Å². The Morgan fingerprint density at radius 3 is 3.07 bits per heavy atom. The van der Waals surface area contributed by atoms with Gasteiger partial charge in [-0.3, -0.25) is 0 Å². The molecule has 15 heavy (non-hydrogen) atoms. The van der Waals surface area contributed by atoms with Crippen LogP contribution in [0.4, 0.5) is 0 Å². The van der Waals surface area contributed by atoms with E-state index in [2.05, 4.69) is 12.2 Å². The molecule has 0 aliphatic rings. The van der Waals surface area contributed by atoms with Crippen LogP contribution in [0.15, 0.2) is 22.8 Å². The Balaban J connectivity index is 1.97. The standard InChI is InChI=1S/C12H22N2O/c1-11(4-2-7-13)10-14-8-6-12-5-3-9-15-12/h3,5,9,11,14H,2,4,6-8,10,13H2,1H3. The second-order valence-electron chi connectivity index (χ2n) is 4.07. The third kappa shape index (κ3) is 5.60. The molecule has 3 heteroatoms. The van der Waals surface area contributed by atoms with E-state index in [1.165, 1.54) is 6.42 Å². The van der Waals surface area contributed by atoms with Crippen LogP contribution in [-0.2, 0) is 6.42 Å². The molecule has 1 rings (SSSR count). The number of hydrogen-bond donors (Lipinski definition) is 2. The molecule has 0 spiro atoms. The van der Waals surface area contributed by atoms with Crippen LogP contribution in [0.1, 0.15) is 25.5 Å². The lowest BCUT2D eigenvalue weighted by Crippen LogP contribution is -2.23. The van der Waals surface area contributed by atoms with E-state index in [-0.39, 0.29) is 0 Å². The molecule has 0 bridgehead atoms. The highest BCUT2D eigenvalue weighted by Gasteiger charge is 2.01. The molecule has 0 saturated carbocycles. The van der Waals surface area contributed by atoms with Crippen LogP contribution in [0.3, 0.4) is 0 Å². The molecule has 1 aromatic heterocycles. The summed E-state index contributed by atoms with van der Waals surface area (Å²) in [6.07, 6.45) is 5.03. The Morgan fingerprint density at radius 2 is 2.40 bits per heavy atom. The monoisotopic (exact) mass is 210 g/mol. The highest BCUT2D eigenvalue weighted by molar-refractivity contribution is 4.98. The summed E-state index contributed by atoms with van der Waals surface area (Å²) < 4.78 is 5.25. The molecule has 3 nitrogen and oxygen atoms in total. The lowest BCUT2D eigenvalue weighted by molar-refractivity contribution is 0.455. The van der Waals surface area contributed by atoms with Crippen LogP contribution < -0.4 is 11.1 Å². The fourth-order valence-corrected chi connectivity index (χ4v) is 1.58. The Hall–Kier alpha value is -0.800. The van der Waals surface area contributed by atoms with Crippen LogP contribution >= 0.6 is 0 Å². The van der Waals surface area contributed by atoms with E-state index in [1.807, 2.05) is 12.1 Å². The highest BCUT2D eigenvalue weighted by atomic mass is 16.3. The molecule has 0 fully saturated rings. The van der Waals surface area contributed by atoms with Crippen molar-refractivity contribution in [3.8, 4) is 0 Å². The fourth-order valence-electron chi connectivity index (χ4n) is 1.58. The van der Waals surface area contributed by atoms with Crippen molar-refractivity contribution in [3.05, 3.63) is 24.2 Å². The first-order valence-electron chi connectivity index (χ1n) is 5.76. The maximum Gasteiger partial charge on any atom is 0.105 e. The molecular formula is C12H22N2O. The summed E-state index contributed by atoms with van der Waals surface area (Å²) in [4.78, 5) is 0. The molecular weight excluding hydrogens is 188 g/mol. The topological polar surface area (TPSA) is 51.2 Å². The summed E-state index contributed by atoms with van der Waals surface area (Å²) in [5.41, 5.74) is 5.46. The van der Waals surface area contributed by atoms with E-state index in [0.717, 1.165) is 38.2 Å². The third-order valence-electron chi connectivity index (χ3n) is 2.52. The Morgan fingerprint density at radius 1 is 1.53 bits per heavy atom. The zero-order valence-corrected chi connectivity index (χ0v) is 9.54. The normalized spacial score (nSPS) is 12.9. The SMILES string of the molecule is CC(CCCN)CNCCc1ccco1. The van der Waals surface area contributed by atoms with Crippen LogP contribution in [0.25, 0.3) is 0 Å². The molecule has 86 valence electrons. The second kappa shape index (κ2) is 7.49. The van der Waals surface area contributed by atoms with Gasteiger partial charge >= 0.3 is 0 Å². The Bertz CT molecular complexity index is 234. The molecule has 0 amide bonds. The lowest BCUT2D eigenvalue weighted by Gasteiger charge is -2.11. The van der Waals surface area contributed by atoms with Gasteiger partial charge in [0.05, 0.1) is 6.26 Å². The van der Waals surface area contributed by atoms with Gasteiger partial charge in [-0.1, -0.05) is 6.92 Å². The average molecular weight is 210 g/mol. The lowest BCUT2D eigenvalue weighted by atomic mass is 10.1. The molecule has 1 aromatic rings. The first-order valence-corrected chi connectivity index (χ1v) is 5.76. The van der Waals surface area contributed by atoms with Gasteiger partial charge in [0.25, 0.3) is 0 Å². The van der Waals surface area contributed by atoms with Gasteiger partial charge in [0.2, 0.25) is 0 Å². The largest absolute Gasteiger partial charge is 0.469 e. The number of rotatable bonds is 8. The molecule has 0 aliphatic carbocycles. The summed E-state index contributed by atoms with van der Waals surface area (Å²) in [6, 6.07) is 3.94. The minimum Gasteiger partial charge on any atom is -0.469 e. The van der Waals surface area contributed by atoms with E-state index in [0.29, 0.717) is 5.92 Å². The van der Waals surface area contributed by atoms with Gasteiger partial charge in [0, 0.05) is 13.0 Å².